The minimum atomic E-state index is -1.25. The second kappa shape index (κ2) is 14.9. The molecule has 1 amide bonds. The number of carbonyl (C=O) groups is 1. The number of hydrogen-bond acceptors (Lipinski definition) is 8. The van der Waals surface area contributed by atoms with Crippen LogP contribution in [0.25, 0.3) is 33.2 Å². The molecule has 2 aromatic carbocycles. The van der Waals surface area contributed by atoms with Crippen LogP contribution >= 0.6 is 0 Å². The minimum Gasteiger partial charge on any atom is -0.361 e. The fourth-order valence-corrected chi connectivity index (χ4v) is 6.72. The first-order chi connectivity index (χ1) is 23.1. The van der Waals surface area contributed by atoms with Crippen LogP contribution in [0, 0.1) is 0 Å². The lowest BCUT2D eigenvalue weighted by molar-refractivity contribution is 0.0801. The SMILES string of the molecule is CN(C)CCNC(=O)c1nc2cc(-c3cc(Nc4ccc(CN5CCCC5)cc4)c4cnccc4n3)ccc2n1COCC[Si](C)(C)C. The average molecular weight is 665 g/mol. The van der Waals surface area contributed by atoms with Crippen molar-refractivity contribution in [1.29, 1.82) is 0 Å². The maximum atomic E-state index is 13.3. The number of nitrogens with one attached hydrogen (secondary N) is 2. The normalized spacial score (nSPS) is 14.0. The highest BCUT2D eigenvalue weighted by Crippen LogP contribution is 2.32. The van der Waals surface area contributed by atoms with Crippen molar-refractivity contribution in [3.8, 4) is 11.3 Å². The van der Waals surface area contributed by atoms with Gasteiger partial charge in [-0.3, -0.25) is 19.2 Å². The number of nitrogens with zero attached hydrogens (tertiary/aromatic N) is 6. The zero-order valence-electron chi connectivity index (χ0n) is 28.9. The number of amides is 1. The zero-order valence-corrected chi connectivity index (χ0v) is 29.9. The van der Waals surface area contributed by atoms with E-state index in [1.54, 1.807) is 6.20 Å². The standard InChI is InChI=1S/C37H48N8O2Si/c1-43(2)19-16-39-37(46)36-42-34-22-28(10-13-35(34)45(36)26-47-20-21-48(3,4)5)32-23-33(30-24-38-15-14-31(30)41-32)40-29-11-8-27(9-12-29)25-44-17-6-7-18-44/h8-15,22-24H,6-7,16-21,25-26H2,1-5H3,(H,39,46)(H,40,41). The molecule has 1 aliphatic heterocycles. The largest absolute Gasteiger partial charge is 0.361 e. The molecule has 48 heavy (non-hydrogen) atoms. The number of likely N-dealkylation sites (N-methyl/N-ethyl adjacent to an activating group) is 1. The Balaban J connectivity index is 1.29. The number of likely N-dealkylation sites (tertiary alicyclic amines) is 1. The molecule has 0 atom stereocenters. The molecule has 4 heterocycles. The number of hydrogen-bond donors (Lipinski definition) is 2. The van der Waals surface area contributed by atoms with Gasteiger partial charge < -0.3 is 20.3 Å². The molecule has 6 rings (SSSR count). The van der Waals surface area contributed by atoms with E-state index in [0.717, 1.165) is 63.7 Å². The lowest BCUT2D eigenvalue weighted by Gasteiger charge is -2.16. The molecular formula is C37H48N8O2Si. The quantitative estimate of drug-likeness (QED) is 0.101. The van der Waals surface area contributed by atoms with E-state index in [4.69, 9.17) is 14.7 Å². The summed E-state index contributed by atoms with van der Waals surface area (Å²) < 4.78 is 8.00. The van der Waals surface area contributed by atoms with Crippen LogP contribution in [-0.2, 0) is 18.0 Å². The Morgan fingerprint density at radius 3 is 2.52 bits per heavy atom. The molecule has 10 nitrogen and oxygen atoms in total. The Morgan fingerprint density at radius 2 is 1.77 bits per heavy atom. The van der Waals surface area contributed by atoms with E-state index in [1.807, 2.05) is 54.0 Å². The predicted molar refractivity (Wildman–Crippen MR) is 197 cm³/mol. The molecular weight excluding hydrogens is 617 g/mol. The molecule has 2 N–H and O–H groups in total. The molecule has 1 saturated heterocycles. The summed E-state index contributed by atoms with van der Waals surface area (Å²) in [6, 6.07) is 19.8. The number of aromatic nitrogens is 4. The number of imidazole rings is 1. The maximum Gasteiger partial charge on any atom is 0.287 e. The number of ether oxygens (including phenoxy) is 1. The van der Waals surface area contributed by atoms with Crippen LogP contribution < -0.4 is 10.6 Å². The lowest BCUT2D eigenvalue weighted by Crippen LogP contribution is -2.33. The number of benzene rings is 2. The van der Waals surface area contributed by atoms with Crippen LogP contribution in [-0.4, -0.2) is 90.2 Å². The average Bonchev–Trinajstić information content (AvgIpc) is 3.71. The van der Waals surface area contributed by atoms with Crippen molar-refractivity contribution in [2.75, 3.05) is 52.2 Å². The van der Waals surface area contributed by atoms with Crippen molar-refractivity contribution in [1.82, 2.24) is 34.6 Å². The minimum absolute atomic E-state index is 0.210. The van der Waals surface area contributed by atoms with Crippen molar-refractivity contribution >= 4 is 47.3 Å². The summed E-state index contributed by atoms with van der Waals surface area (Å²) in [6.07, 6.45) is 6.20. The van der Waals surface area contributed by atoms with Gasteiger partial charge in [0.1, 0.15) is 6.73 Å². The summed E-state index contributed by atoms with van der Waals surface area (Å²) in [5, 5.41) is 7.59. The Hall–Kier alpha value is -4.16. The second-order valence-electron chi connectivity index (χ2n) is 14.2. The smallest absolute Gasteiger partial charge is 0.287 e. The number of carbonyl (C=O) groups excluding carboxylic acids is 1. The Bertz CT molecular complexity index is 1860. The van der Waals surface area contributed by atoms with Crippen LogP contribution in [0.5, 0.6) is 0 Å². The van der Waals surface area contributed by atoms with Crippen LogP contribution in [0.3, 0.4) is 0 Å². The zero-order chi connectivity index (χ0) is 33.7. The second-order valence-corrected chi connectivity index (χ2v) is 19.8. The van der Waals surface area contributed by atoms with Gasteiger partial charge in [-0.25, -0.2) is 9.97 Å². The van der Waals surface area contributed by atoms with Gasteiger partial charge in [-0.15, -0.1) is 0 Å². The lowest BCUT2D eigenvalue weighted by atomic mass is 10.1. The third-order valence-electron chi connectivity index (χ3n) is 8.76. The van der Waals surface area contributed by atoms with Gasteiger partial charge in [-0.1, -0.05) is 37.8 Å². The molecule has 0 radical (unpaired) electrons. The van der Waals surface area contributed by atoms with Crippen molar-refractivity contribution in [3.05, 3.63) is 78.4 Å². The maximum absolute atomic E-state index is 13.3. The van der Waals surface area contributed by atoms with Gasteiger partial charge >= 0.3 is 0 Å². The number of pyridine rings is 2. The monoisotopic (exact) mass is 664 g/mol. The van der Waals surface area contributed by atoms with Crippen molar-refractivity contribution in [2.24, 2.45) is 0 Å². The van der Waals surface area contributed by atoms with Crippen LogP contribution in [0.1, 0.15) is 29.0 Å². The molecule has 5 aromatic rings. The van der Waals surface area contributed by atoms with Crippen LogP contribution in [0.15, 0.2) is 67.0 Å². The third kappa shape index (κ3) is 8.46. The highest BCUT2D eigenvalue weighted by atomic mass is 28.3. The van der Waals surface area contributed by atoms with Gasteiger partial charge in [0.05, 0.1) is 27.9 Å². The summed E-state index contributed by atoms with van der Waals surface area (Å²) in [7, 11) is 2.72. The van der Waals surface area contributed by atoms with Gasteiger partial charge in [0.15, 0.2) is 0 Å². The van der Waals surface area contributed by atoms with Gasteiger partial charge in [0.25, 0.3) is 5.91 Å². The number of rotatable bonds is 14. The first-order valence-corrected chi connectivity index (χ1v) is 20.7. The topological polar surface area (TPSA) is 100 Å². The first kappa shape index (κ1) is 33.7. The Kier molecular flexibility index (Phi) is 10.5. The molecule has 11 heteroatoms. The summed E-state index contributed by atoms with van der Waals surface area (Å²) in [4.78, 5) is 32.1. The first-order valence-electron chi connectivity index (χ1n) is 17.0. The summed E-state index contributed by atoms with van der Waals surface area (Å²) in [6.45, 7) is 12.6. The van der Waals surface area contributed by atoms with E-state index in [-0.39, 0.29) is 12.6 Å². The Morgan fingerprint density at radius 1 is 0.979 bits per heavy atom. The molecule has 0 aliphatic carbocycles. The van der Waals surface area contributed by atoms with E-state index in [9.17, 15) is 4.79 Å². The molecule has 252 valence electrons. The number of fused-ring (bicyclic) bond motifs is 2. The third-order valence-corrected chi connectivity index (χ3v) is 10.5. The molecule has 0 saturated carbocycles. The molecule has 1 aliphatic rings. The van der Waals surface area contributed by atoms with Gasteiger partial charge in [-0.05, 0) is 88.0 Å². The summed E-state index contributed by atoms with van der Waals surface area (Å²) in [5.41, 5.74) is 7.40. The van der Waals surface area contributed by atoms with Gasteiger partial charge in [0, 0.05) is 63.3 Å². The van der Waals surface area contributed by atoms with Gasteiger partial charge in [0.2, 0.25) is 5.82 Å². The van der Waals surface area contributed by atoms with E-state index in [0.29, 0.717) is 19.0 Å². The molecule has 1 fully saturated rings. The summed E-state index contributed by atoms with van der Waals surface area (Å²) >= 11 is 0. The van der Waals surface area contributed by atoms with E-state index in [1.165, 1.54) is 31.5 Å². The fraction of sp³-hybridized carbons (Fsp3) is 0.405. The Labute approximate surface area is 284 Å². The molecule has 3 aromatic heterocycles. The predicted octanol–water partition coefficient (Wildman–Crippen LogP) is 6.59. The van der Waals surface area contributed by atoms with Gasteiger partial charge in [-0.2, -0.15) is 0 Å². The molecule has 0 spiro atoms. The fourth-order valence-electron chi connectivity index (χ4n) is 5.97. The van der Waals surface area contributed by atoms with E-state index in [2.05, 4.69) is 70.5 Å². The van der Waals surface area contributed by atoms with Crippen molar-refractivity contribution in [2.45, 2.75) is 51.8 Å². The number of anilines is 2. The molecule has 0 unspecified atom stereocenters. The van der Waals surface area contributed by atoms with Crippen LogP contribution in [0.4, 0.5) is 11.4 Å². The molecule has 0 bridgehead atoms. The summed E-state index contributed by atoms with van der Waals surface area (Å²) in [5.74, 6) is 0.139. The van der Waals surface area contributed by atoms with Crippen molar-refractivity contribution in [3.63, 3.8) is 0 Å². The van der Waals surface area contributed by atoms with Crippen LogP contribution in [0.2, 0.25) is 25.7 Å². The highest BCUT2D eigenvalue weighted by Gasteiger charge is 2.20. The van der Waals surface area contributed by atoms with E-state index < -0.39 is 8.07 Å². The van der Waals surface area contributed by atoms with Crippen molar-refractivity contribution < 1.29 is 9.53 Å². The van der Waals surface area contributed by atoms with E-state index >= 15 is 0 Å². The highest BCUT2D eigenvalue weighted by molar-refractivity contribution is 6.76.